The van der Waals surface area contributed by atoms with Gasteiger partial charge < -0.3 is 5.11 Å². The average molecular weight is 355 g/mol. The number of sulfonamides is 1. The summed E-state index contributed by atoms with van der Waals surface area (Å²) in [6, 6.07) is 2.24. The first-order valence-electron chi connectivity index (χ1n) is 5.97. The standard InChI is InChI=1S/C11H12Cl2N2O5S/c1-2-11(16)5-14(6-11)21(19,20)8-4-3-7(12)10(9(8)13)15(17)18/h3-4,16H,2,5-6H2,1H3. The number of benzene rings is 1. The summed E-state index contributed by atoms with van der Waals surface area (Å²) in [6.07, 6.45) is 0.410. The summed E-state index contributed by atoms with van der Waals surface area (Å²) < 4.78 is 25.8. The van der Waals surface area contributed by atoms with Gasteiger partial charge in [0.25, 0.3) is 0 Å². The van der Waals surface area contributed by atoms with Crippen LogP contribution in [0.15, 0.2) is 17.0 Å². The summed E-state index contributed by atoms with van der Waals surface area (Å²) in [6.45, 7) is 1.60. The second-order valence-electron chi connectivity index (χ2n) is 4.82. The fourth-order valence-corrected chi connectivity index (χ4v) is 4.49. The number of hydrogen-bond donors (Lipinski definition) is 1. The van der Waals surface area contributed by atoms with Crippen molar-refractivity contribution in [1.29, 1.82) is 0 Å². The molecule has 116 valence electrons. The highest BCUT2D eigenvalue weighted by Gasteiger charge is 2.47. The van der Waals surface area contributed by atoms with Crippen molar-refractivity contribution >= 4 is 38.9 Å². The molecule has 0 saturated carbocycles. The Hall–Kier alpha value is -0.930. The number of halogens is 2. The summed E-state index contributed by atoms with van der Waals surface area (Å²) in [5.41, 5.74) is -1.71. The minimum atomic E-state index is -4.01. The number of rotatable bonds is 4. The number of hydrogen-bond acceptors (Lipinski definition) is 5. The van der Waals surface area contributed by atoms with Crippen LogP contribution >= 0.6 is 23.2 Å². The van der Waals surface area contributed by atoms with Crippen molar-refractivity contribution in [1.82, 2.24) is 4.31 Å². The van der Waals surface area contributed by atoms with Gasteiger partial charge in [0.15, 0.2) is 0 Å². The number of nitro groups is 1. The van der Waals surface area contributed by atoms with Gasteiger partial charge in [-0.05, 0) is 18.6 Å². The van der Waals surface area contributed by atoms with Gasteiger partial charge in [-0.2, -0.15) is 4.31 Å². The van der Waals surface area contributed by atoms with Crippen LogP contribution in [0.25, 0.3) is 0 Å². The van der Waals surface area contributed by atoms with E-state index >= 15 is 0 Å². The van der Waals surface area contributed by atoms with Crippen LogP contribution in [0.3, 0.4) is 0 Å². The molecule has 0 aromatic heterocycles. The van der Waals surface area contributed by atoms with Gasteiger partial charge in [0.05, 0.1) is 10.5 Å². The third-order valence-electron chi connectivity index (χ3n) is 3.43. The monoisotopic (exact) mass is 354 g/mol. The van der Waals surface area contributed by atoms with Gasteiger partial charge in [-0.15, -0.1) is 0 Å². The highest BCUT2D eigenvalue weighted by Crippen LogP contribution is 2.40. The number of nitrogens with zero attached hydrogens (tertiary/aromatic N) is 2. The summed E-state index contributed by atoms with van der Waals surface area (Å²) in [5.74, 6) is 0. The molecule has 0 aliphatic carbocycles. The van der Waals surface area contributed by atoms with Gasteiger partial charge in [-0.3, -0.25) is 10.1 Å². The van der Waals surface area contributed by atoms with Gasteiger partial charge in [-0.25, -0.2) is 8.42 Å². The Morgan fingerprint density at radius 1 is 1.43 bits per heavy atom. The lowest BCUT2D eigenvalue weighted by molar-refractivity contribution is -0.384. The van der Waals surface area contributed by atoms with Crippen LogP contribution in [-0.2, 0) is 10.0 Å². The summed E-state index contributed by atoms with van der Waals surface area (Å²) in [4.78, 5) is 9.69. The van der Waals surface area contributed by atoms with Crippen LogP contribution < -0.4 is 0 Å². The molecule has 1 fully saturated rings. The molecule has 2 rings (SSSR count). The second-order valence-corrected chi connectivity index (χ2v) is 7.51. The van der Waals surface area contributed by atoms with Crippen molar-refractivity contribution in [2.24, 2.45) is 0 Å². The van der Waals surface area contributed by atoms with E-state index in [1.54, 1.807) is 6.92 Å². The molecule has 0 unspecified atom stereocenters. The topological polar surface area (TPSA) is 101 Å². The molecule has 7 nitrogen and oxygen atoms in total. The van der Waals surface area contributed by atoms with Crippen LogP contribution in [0.4, 0.5) is 5.69 Å². The molecule has 1 aromatic carbocycles. The van der Waals surface area contributed by atoms with Crippen LogP contribution in [0.5, 0.6) is 0 Å². The van der Waals surface area contributed by atoms with Crippen LogP contribution in [-0.4, -0.2) is 41.4 Å². The van der Waals surface area contributed by atoms with E-state index in [-0.39, 0.29) is 18.1 Å². The maximum absolute atomic E-state index is 12.4. The Bertz CT molecular complexity index is 701. The van der Waals surface area contributed by atoms with Crippen LogP contribution in [0.1, 0.15) is 13.3 Å². The number of aliphatic hydroxyl groups is 1. The SMILES string of the molecule is CCC1(O)CN(S(=O)(=O)c2ccc(Cl)c([N+](=O)[O-])c2Cl)C1. The minimum Gasteiger partial charge on any atom is -0.387 e. The molecule has 0 bridgehead atoms. The van der Waals surface area contributed by atoms with Crippen molar-refractivity contribution in [3.63, 3.8) is 0 Å². The first-order chi connectivity index (χ1) is 9.62. The van der Waals surface area contributed by atoms with Gasteiger partial charge in [-0.1, -0.05) is 30.1 Å². The van der Waals surface area contributed by atoms with E-state index in [2.05, 4.69) is 0 Å². The van der Waals surface area contributed by atoms with E-state index in [1.807, 2.05) is 0 Å². The zero-order valence-electron chi connectivity index (χ0n) is 10.9. The van der Waals surface area contributed by atoms with Crippen molar-refractivity contribution in [3.8, 4) is 0 Å². The molecule has 0 amide bonds. The maximum Gasteiger partial charge on any atom is 0.307 e. The Labute approximate surface area is 131 Å². The molecule has 1 aliphatic rings. The average Bonchev–Trinajstić information content (AvgIpc) is 2.34. The molecule has 1 N–H and O–H groups in total. The van der Waals surface area contributed by atoms with E-state index in [1.165, 1.54) is 0 Å². The zero-order valence-corrected chi connectivity index (χ0v) is 13.2. The maximum atomic E-state index is 12.4. The van der Waals surface area contributed by atoms with E-state index in [0.717, 1.165) is 16.4 Å². The van der Waals surface area contributed by atoms with Crippen molar-refractivity contribution in [2.75, 3.05) is 13.1 Å². The molecule has 10 heteroatoms. The molecule has 1 saturated heterocycles. The molecule has 1 heterocycles. The fourth-order valence-electron chi connectivity index (χ4n) is 2.03. The Morgan fingerprint density at radius 2 is 2.00 bits per heavy atom. The third kappa shape index (κ3) is 2.74. The second kappa shape index (κ2) is 5.36. The first kappa shape index (κ1) is 16.4. The molecule has 0 radical (unpaired) electrons. The van der Waals surface area contributed by atoms with Crippen molar-refractivity contribution in [3.05, 3.63) is 32.3 Å². The quantitative estimate of drug-likeness (QED) is 0.658. The predicted molar refractivity (Wildman–Crippen MR) is 77.1 cm³/mol. The molecule has 0 atom stereocenters. The lowest BCUT2D eigenvalue weighted by Gasteiger charge is -2.44. The minimum absolute atomic E-state index is 0.0708. The van der Waals surface area contributed by atoms with Crippen LogP contribution in [0, 0.1) is 10.1 Å². The Kier molecular flexibility index (Phi) is 4.20. The van der Waals surface area contributed by atoms with Crippen molar-refractivity contribution < 1.29 is 18.4 Å². The number of β-amino-alcohol motifs (C(OH)–C–C–N with tert-alkyl or cyclic N) is 1. The van der Waals surface area contributed by atoms with Crippen LogP contribution in [0.2, 0.25) is 10.0 Å². The zero-order chi connectivity index (χ0) is 16.0. The Morgan fingerprint density at radius 3 is 2.48 bits per heavy atom. The molecular weight excluding hydrogens is 343 g/mol. The van der Waals surface area contributed by atoms with E-state index in [0.29, 0.717) is 6.42 Å². The molecule has 1 aromatic rings. The molecular formula is C11H12Cl2N2O5S. The largest absolute Gasteiger partial charge is 0.387 e. The lowest BCUT2D eigenvalue weighted by atomic mass is 9.94. The first-order valence-corrected chi connectivity index (χ1v) is 8.17. The smallest absolute Gasteiger partial charge is 0.307 e. The highest BCUT2D eigenvalue weighted by atomic mass is 35.5. The predicted octanol–water partition coefficient (Wildman–Crippen LogP) is 2.05. The van der Waals surface area contributed by atoms with E-state index in [4.69, 9.17) is 23.2 Å². The molecule has 0 spiro atoms. The number of nitro benzene ring substituents is 1. The third-order valence-corrected chi connectivity index (χ3v) is 6.07. The molecule has 21 heavy (non-hydrogen) atoms. The van der Waals surface area contributed by atoms with Gasteiger partial charge in [0.1, 0.15) is 14.9 Å². The Balaban J connectivity index is 2.44. The van der Waals surface area contributed by atoms with Gasteiger partial charge in [0, 0.05) is 13.1 Å². The van der Waals surface area contributed by atoms with E-state index in [9.17, 15) is 23.6 Å². The summed E-state index contributed by atoms with van der Waals surface area (Å²) >= 11 is 11.5. The van der Waals surface area contributed by atoms with Gasteiger partial charge >= 0.3 is 5.69 Å². The normalized spacial score (nSPS) is 18.3. The molecule has 1 aliphatic heterocycles. The van der Waals surface area contributed by atoms with Crippen molar-refractivity contribution in [2.45, 2.75) is 23.8 Å². The fraction of sp³-hybridized carbons (Fsp3) is 0.455. The highest BCUT2D eigenvalue weighted by molar-refractivity contribution is 7.89. The lowest BCUT2D eigenvalue weighted by Crippen LogP contribution is -2.62. The summed E-state index contributed by atoms with van der Waals surface area (Å²) in [5, 5.41) is 20.0. The van der Waals surface area contributed by atoms with E-state index < -0.39 is 36.2 Å². The summed E-state index contributed by atoms with van der Waals surface area (Å²) in [7, 11) is -4.01. The van der Waals surface area contributed by atoms with Gasteiger partial charge in [0.2, 0.25) is 10.0 Å².